The van der Waals surface area contributed by atoms with Crippen molar-refractivity contribution in [2.75, 3.05) is 21.3 Å². The van der Waals surface area contributed by atoms with Crippen LogP contribution in [0.25, 0.3) is 11.3 Å². The predicted octanol–water partition coefficient (Wildman–Crippen LogP) is 3.10. The van der Waals surface area contributed by atoms with Crippen molar-refractivity contribution in [1.29, 1.82) is 0 Å². The highest BCUT2D eigenvalue weighted by molar-refractivity contribution is 5.95. The molecule has 0 aliphatic heterocycles. The van der Waals surface area contributed by atoms with E-state index in [4.69, 9.17) is 14.2 Å². The first-order valence-electron chi connectivity index (χ1n) is 8.59. The summed E-state index contributed by atoms with van der Waals surface area (Å²) in [6.07, 6.45) is 5.18. The molecule has 0 spiro atoms. The average molecular weight is 379 g/mol. The number of aromatic nitrogens is 2. The Morgan fingerprint density at radius 2 is 1.75 bits per heavy atom. The van der Waals surface area contributed by atoms with Crippen molar-refractivity contribution in [3.05, 3.63) is 66.1 Å². The molecule has 7 nitrogen and oxygen atoms in total. The van der Waals surface area contributed by atoms with Gasteiger partial charge in [-0.05, 0) is 42.0 Å². The van der Waals surface area contributed by atoms with Gasteiger partial charge in [0.15, 0.2) is 11.5 Å². The van der Waals surface area contributed by atoms with E-state index in [0.717, 1.165) is 16.8 Å². The number of nitrogens with one attached hydrogen (secondary N) is 1. The van der Waals surface area contributed by atoms with Crippen molar-refractivity contribution in [3.8, 4) is 28.5 Å². The first-order valence-corrected chi connectivity index (χ1v) is 8.59. The summed E-state index contributed by atoms with van der Waals surface area (Å²) in [6.45, 7) is 0.352. The van der Waals surface area contributed by atoms with Crippen LogP contribution in [0.1, 0.15) is 15.9 Å². The molecule has 3 aromatic rings. The van der Waals surface area contributed by atoms with Crippen molar-refractivity contribution < 1.29 is 19.0 Å². The van der Waals surface area contributed by atoms with Gasteiger partial charge in [0.1, 0.15) is 0 Å². The van der Waals surface area contributed by atoms with Crippen molar-refractivity contribution in [2.24, 2.45) is 0 Å². The van der Waals surface area contributed by atoms with Gasteiger partial charge in [0.05, 0.1) is 27.0 Å². The molecule has 0 aliphatic rings. The fraction of sp³-hybridized carbons (Fsp3) is 0.190. The predicted molar refractivity (Wildman–Crippen MR) is 105 cm³/mol. The summed E-state index contributed by atoms with van der Waals surface area (Å²) < 4.78 is 15.9. The molecule has 2 heterocycles. The van der Waals surface area contributed by atoms with Crippen LogP contribution in [-0.4, -0.2) is 37.2 Å². The number of benzene rings is 1. The summed E-state index contributed by atoms with van der Waals surface area (Å²) in [7, 11) is 4.54. The zero-order valence-electron chi connectivity index (χ0n) is 15.9. The van der Waals surface area contributed by atoms with Crippen LogP contribution in [0.2, 0.25) is 0 Å². The first kappa shape index (κ1) is 19.2. The van der Waals surface area contributed by atoms with E-state index in [1.54, 1.807) is 30.7 Å². The summed E-state index contributed by atoms with van der Waals surface area (Å²) >= 11 is 0. The van der Waals surface area contributed by atoms with Gasteiger partial charge in [-0.2, -0.15) is 0 Å². The second kappa shape index (κ2) is 8.85. The van der Waals surface area contributed by atoms with Crippen LogP contribution in [0.3, 0.4) is 0 Å². The number of nitrogens with zero attached hydrogens (tertiary/aromatic N) is 2. The Hall–Kier alpha value is -3.61. The van der Waals surface area contributed by atoms with Gasteiger partial charge in [0.2, 0.25) is 5.75 Å². The van der Waals surface area contributed by atoms with Gasteiger partial charge in [-0.25, -0.2) is 0 Å². The van der Waals surface area contributed by atoms with E-state index >= 15 is 0 Å². The number of hydrogen-bond donors (Lipinski definition) is 1. The molecule has 0 saturated heterocycles. The third-order valence-corrected chi connectivity index (χ3v) is 4.16. The highest BCUT2D eigenvalue weighted by Gasteiger charge is 2.17. The summed E-state index contributed by atoms with van der Waals surface area (Å²) in [5, 5.41) is 2.90. The molecule has 7 heteroatoms. The van der Waals surface area contributed by atoms with Crippen molar-refractivity contribution in [2.45, 2.75) is 6.54 Å². The standard InChI is InChI=1S/C21H21N3O4/c1-26-18-10-16(11-19(27-2)20(18)28-3)21(25)24-12-14-6-8-23-17(9-14)15-5-4-7-22-13-15/h4-11,13H,12H2,1-3H3,(H,24,25). The molecule has 0 aliphatic carbocycles. The average Bonchev–Trinajstić information content (AvgIpc) is 2.77. The van der Waals surface area contributed by atoms with Crippen molar-refractivity contribution in [3.63, 3.8) is 0 Å². The summed E-state index contributed by atoms with van der Waals surface area (Å²) in [6, 6.07) is 10.8. The van der Waals surface area contributed by atoms with Crippen LogP contribution < -0.4 is 19.5 Å². The summed E-state index contributed by atoms with van der Waals surface area (Å²) in [5.74, 6) is 1.04. The maximum atomic E-state index is 12.6. The number of carbonyl (C=O) groups excluding carboxylic acids is 1. The normalized spacial score (nSPS) is 10.2. The number of amides is 1. The summed E-state index contributed by atoms with van der Waals surface area (Å²) in [5.41, 5.74) is 3.05. The zero-order chi connectivity index (χ0) is 19.9. The first-order chi connectivity index (χ1) is 13.7. The van der Waals surface area contributed by atoms with Gasteiger partial charge >= 0.3 is 0 Å². The lowest BCUT2D eigenvalue weighted by atomic mass is 10.1. The molecule has 1 amide bonds. The van der Waals surface area contributed by atoms with E-state index in [0.29, 0.717) is 29.4 Å². The van der Waals surface area contributed by atoms with E-state index in [1.165, 1.54) is 21.3 Å². The van der Waals surface area contributed by atoms with Crippen LogP contribution in [-0.2, 0) is 6.54 Å². The van der Waals surface area contributed by atoms with E-state index < -0.39 is 0 Å². The minimum absolute atomic E-state index is 0.251. The quantitative estimate of drug-likeness (QED) is 0.679. The van der Waals surface area contributed by atoms with E-state index in [-0.39, 0.29) is 5.91 Å². The number of methoxy groups -OCH3 is 3. The maximum absolute atomic E-state index is 12.6. The Kier molecular flexibility index (Phi) is 6.06. The van der Waals surface area contributed by atoms with E-state index in [1.807, 2.05) is 24.3 Å². The third kappa shape index (κ3) is 4.20. The van der Waals surface area contributed by atoms with E-state index in [2.05, 4.69) is 15.3 Å². The smallest absolute Gasteiger partial charge is 0.251 e. The molecular weight excluding hydrogens is 358 g/mol. The van der Waals surface area contributed by atoms with Gasteiger partial charge in [-0.15, -0.1) is 0 Å². The number of hydrogen-bond acceptors (Lipinski definition) is 6. The molecule has 0 unspecified atom stereocenters. The highest BCUT2D eigenvalue weighted by atomic mass is 16.5. The molecule has 0 fully saturated rings. The minimum Gasteiger partial charge on any atom is -0.493 e. The second-order valence-electron chi connectivity index (χ2n) is 5.89. The van der Waals surface area contributed by atoms with Crippen molar-refractivity contribution in [1.82, 2.24) is 15.3 Å². The lowest BCUT2D eigenvalue weighted by Crippen LogP contribution is -2.23. The minimum atomic E-state index is -0.251. The molecular formula is C21H21N3O4. The number of carbonyl (C=O) groups is 1. The fourth-order valence-corrected chi connectivity index (χ4v) is 2.75. The maximum Gasteiger partial charge on any atom is 0.251 e. The molecule has 0 bridgehead atoms. The van der Waals surface area contributed by atoms with Crippen LogP contribution in [0, 0.1) is 0 Å². The van der Waals surface area contributed by atoms with Crippen molar-refractivity contribution >= 4 is 5.91 Å². The van der Waals surface area contributed by atoms with E-state index in [9.17, 15) is 4.79 Å². The van der Waals surface area contributed by atoms with Crippen LogP contribution in [0.5, 0.6) is 17.2 Å². The largest absolute Gasteiger partial charge is 0.493 e. The SMILES string of the molecule is COc1cc(C(=O)NCc2ccnc(-c3cccnc3)c2)cc(OC)c1OC. The lowest BCUT2D eigenvalue weighted by molar-refractivity contribution is 0.0950. The third-order valence-electron chi connectivity index (χ3n) is 4.16. The zero-order valence-corrected chi connectivity index (χ0v) is 15.9. The molecule has 144 valence electrons. The molecule has 28 heavy (non-hydrogen) atoms. The molecule has 0 saturated carbocycles. The second-order valence-corrected chi connectivity index (χ2v) is 5.89. The Bertz CT molecular complexity index is 936. The topological polar surface area (TPSA) is 82.6 Å². The molecule has 3 rings (SSSR count). The van der Waals surface area contributed by atoms with Gasteiger partial charge in [-0.3, -0.25) is 14.8 Å². The Labute approximate surface area is 163 Å². The van der Waals surface area contributed by atoms with Crippen LogP contribution >= 0.6 is 0 Å². The monoisotopic (exact) mass is 379 g/mol. The number of rotatable bonds is 7. The summed E-state index contributed by atoms with van der Waals surface area (Å²) in [4.78, 5) is 21.1. The lowest BCUT2D eigenvalue weighted by Gasteiger charge is -2.14. The van der Waals surface area contributed by atoms with Gasteiger partial charge in [-0.1, -0.05) is 0 Å². The molecule has 1 aromatic carbocycles. The van der Waals surface area contributed by atoms with Crippen LogP contribution in [0.15, 0.2) is 55.0 Å². The molecule has 0 atom stereocenters. The number of pyridine rings is 2. The Morgan fingerprint density at radius 1 is 1.00 bits per heavy atom. The molecule has 1 N–H and O–H groups in total. The van der Waals surface area contributed by atoms with Gasteiger partial charge in [0, 0.05) is 36.3 Å². The Balaban J connectivity index is 1.76. The molecule has 2 aromatic heterocycles. The fourth-order valence-electron chi connectivity index (χ4n) is 2.75. The molecule has 0 radical (unpaired) electrons. The van der Waals surface area contributed by atoms with Gasteiger partial charge in [0.25, 0.3) is 5.91 Å². The van der Waals surface area contributed by atoms with Gasteiger partial charge < -0.3 is 19.5 Å². The Morgan fingerprint density at radius 3 is 2.36 bits per heavy atom. The van der Waals surface area contributed by atoms with Crippen LogP contribution in [0.4, 0.5) is 0 Å². The number of ether oxygens (including phenoxy) is 3. The highest BCUT2D eigenvalue weighted by Crippen LogP contribution is 2.38.